The summed E-state index contributed by atoms with van der Waals surface area (Å²) in [7, 11) is 3.54. The van der Waals surface area contributed by atoms with Gasteiger partial charge in [-0.1, -0.05) is 12.1 Å². The van der Waals surface area contributed by atoms with Crippen LogP contribution in [0.25, 0.3) is 0 Å². The molecule has 2 fully saturated rings. The van der Waals surface area contributed by atoms with Gasteiger partial charge >= 0.3 is 0 Å². The van der Waals surface area contributed by atoms with Crippen molar-refractivity contribution in [1.82, 2.24) is 15.5 Å². The van der Waals surface area contributed by atoms with E-state index in [4.69, 9.17) is 9.47 Å². The second-order valence-electron chi connectivity index (χ2n) is 7.00. The van der Waals surface area contributed by atoms with Crippen LogP contribution in [-0.4, -0.2) is 63.9 Å². The minimum absolute atomic E-state index is 0. The average molecular weight is 488 g/mol. The number of guanidine groups is 1. The second kappa shape index (κ2) is 11.7. The molecule has 0 aromatic heterocycles. The van der Waals surface area contributed by atoms with E-state index in [0.717, 1.165) is 57.3 Å². The highest BCUT2D eigenvalue weighted by atomic mass is 127. The van der Waals surface area contributed by atoms with Crippen molar-refractivity contribution in [2.24, 2.45) is 4.99 Å². The lowest BCUT2D eigenvalue weighted by atomic mass is 10.1. The lowest BCUT2D eigenvalue weighted by Gasteiger charge is -2.29. The lowest BCUT2D eigenvalue weighted by Crippen LogP contribution is -2.44. The summed E-state index contributed by atoms with van der Waals surface area (Å²) < 4.78 is 11.1. The summed E-state index contributed by atoms with van der Waals surface area (Å²) >= 11 is 0. The molecular formula is C20H33IN4O2. The molecule has 2 heterocycles. The first-order valence-electron chi connectivity index (χ1n) is 9.74. The van der Waals surface area contributed by atoms with E-state index in [1.165, 1.54) is 18.4 Å². The number of hydrogen-bond donors (Lipinski definition) is 2. The van der Waals surface area contributed by atoms with Crippen molar-refractivity contribution in [2.45, 2.75) is 37.8 Å². The Morgan fingerprint density at radius 1 is 1.30 bits per heavy atom. The van der Waals surface area contributed by atoms with Crippen LogP contribution in [0.15, 0.2) is 29.3 Å². The molecule has 6 nitrogen and oxygen atoms in total. The van der Waals surface area contributed by atoms with E-state index in [-0.39, 0.29) is 24.0 Å². The minimum atomic E-state index is 0. The molecule has 1 aromatic carbocycles. The van der Waals surface area contributed by atoms with Crippen molar-refractivity contribution in [3.8, 4) is 5.75 Å². The number of likely N-dealkylation sites (tertiary alicyclic amines) is 1. The standard InChI is InChI=1S/C20H32N4O2.HI/c1-21-20(22-14-18-9-6-12-26-18)23-15-19(24-10-3-4-11-24)16-7-5-8-17(13-16)25-2;/h5,7-8,13,18-19H,3-4,6,9-12,14-15H2,1-2H3,(H2,21,22,23);1H. The molecule has 7 heteroatoms. The monoisotopic (exact) mass is 488 g/mol. The Morgan fingerprint density at radius 3 is 2.78 bits per heavy atom. The number of halogens is 1. The van der Waals surface area contributed by atoms with Gasteiger partial charge in [-0.3, -0.25) is 9.89 Å². The van der Waals surface area contributed by atoms with Crippen LogP contribution in [0.5, 0.6) is 5.75 Å². The molecule has 2 aliphatic rings. The molecule has 0 amide bonds. The van der Waals surface area contributed by atoms with Crippen LogP contribution in [0.1, 0.15) is 37.3 Å². The van der Waals surface area contributed by atoms with Gasteiger partial charge in [-0.25, -0.2) is 0 Å². The Balaban J connectivity index is 0.00000261. The minimum Gasteiger partial charge on any atom is -0.497 e. The third kappa shape index (κ3) is 6.50. The summed E-state index contributed by atoms with van der Waals surface area (Å²) in [5.74, 6) is 1.75. The van der Waals surface area contributed by atoms with Gasteiger partial charge < -0.3 is 20.1 Å². The summed E-state index contributed by atoms with van der Waals surface area (Å²) in [6.07, 6.45) is 5.13. The summed E-state index contributed by atoms with van der Waals surface area (Å²) in [5.41, 5.74) is 1.29. The first-order chi connectivity index (χ1) is 12.8. The number of methoxy groups -OCH3 is 1. The first-order valence-corrected chi connectivity index (χ1v) is 9.74. The fraction of sp³-hybridized carbons (Fsp3) is 0.650. The predicted octanol–water partition coefficient (Wildman–Crippen LogP) is 2.79. The molecule has 2 unspecified atom stereocenters. The highest BCUT2D eigenvalue weighted by molar-refractivity contribution is 14.0. The van der Waals surface area contributed by atoms with Crippen molar-refractivity contribution in [2.75, 3.05) is 46.9 Å². The molecule has 1 aromatic rings. The highest BCUT2D eigenvalue weighted by Gasteiger charge is 2.24. The largest absolute Gasteiger partial charge is 0.497 e. The normalized spacial score (nSPS) is 21.6. The van der Waals surface area contributed by atoms with Gasteiger partial charge in [-0.2, -0.15) is 0 Å². The summed E-state index contributed by atoms with van der Waals surface area (Å²) in [6.45, 7) is 4.80. The van der Waals surface area contributed by atoms with Crippen LogP contribution < -0.4 is 15.4 Å². The van der Waals surface area contributed by atoms with Gasteiger partial charge in [0.2, 0.25) is 0 Å². The SMILES string of the molecule is CN=C(NCC1CCCO1)NCC(c1cccc(OC)c1)N1CCCC1.I. The molecule has 0 aliphatic carbocycles. The zero-order chi connectivity index (χ0) is 18.2. The molecule has 2 N–H and O–H groups in total. The molecule has 0 radical (unpaired) electrons. The van der Waals surface area contributed by atoms with E-state index in [9.17, 15) is 0 Å². The average Bonchev–Trinajstić information content (AvgIpc) is 3.38. The number of benzene rings is 1. The Bertz CT molecular complexity index is 587. The first kappa shape index (κ1) is 22.2. The quantitative estimate of drug-likeness (QED) is 0.351. The van der Waals surface area contributed by atoms with Gasteiger partial charge in [0.25, 0.3) is 0 Å². The predicted molar refractivity (Wildman–Crippen MR) is 120 cm³/mol. The van der Waals surface area contributed by atoms with E-state index in [0.29, 0.717) is 12.1 Å². The van der Waals surface area contributed by atoms with Crippen LogP contribution in [0.2, 0.25) is 0 Å². The molecular weight excluding hydrogens is 455 g/mol. The highest BCUT2D eigenvalue weighted by Crippen LogP contribution is 2.27. The molecule has 2 saturated heterocycles. The summed E-state index contributed by atoms with van der Waals surface area (Å²) in [5, 5.41) is 6.91. The molecule has 152 valence electrons. The molecule has 3 rings (SSSR count). The van der Waals surface area contributed by atoms with Crippen LogP contribution in [0, 0.1) is 0 Å². The van der Waals surface area contributed by atoms with Crippen LogP contribution in [-0.2, 0) is 4.74 Å². The van der Waals surface area contributed by atoms with E-state index >= 15 is 0 Å². The molecule has 27 heavy (non-hydrogen) atoms. The number of nitrogens with zero attached hydrogens (tertiary/aromatic N) is 2. The van der Waals surface area contributed by atoms with Crippen LogP contribution in [0.4, 0.5) is 0 Å². The Hall–Kier alpha value is -1.06. The van der Waals surface area contributed by atoms with Gasteiger partial charge in [-0.05, 0) is 56.5 Å². The third-order valence-corrected chi connectivity index (χ3v) is 5.27. The number of rotatable bonds is 7. The van der Waals surface area contributed by atoms with Gasteiger partial charge in [0.05, 0.1) is 19.3 Å². The number of ether oxygens (including phenoxy) is 2. The molecule has 0 saturated carbocycles. The third-order valence-electron chi connectivity index (χ3n) is 5.27. The maximum absolute atomic E-state index is 5.68. The number of aliphatic imine (C=N–C) groups is 1. The van der Waals surface area contributed by atoms with Crippen molar-refractivity contribution in [3.63, 3.8) is 0 Å². The Kier molecular flexibility index (Phi) is 9.64. The van der Waals surface area contributed by atoms with E-state index in [1.54, 1.807) is 7.11 Å². The fourth-order valence-electron chi connectivity index (χ4n) is 3.79. The number of nitrogens with one attached hydrogen (secondary N) is 2. The maximum Gasteiger partial charge on any atom is 0.191 e. The Morgan fingerprint density at radius 2 is 2.11 bits per heavy atom. The van der Waals surface area contributed by atoms with Gasteiger partial charge in [0.1, 0.15) is 5.75 Å². The van der Waals surface area contributed by atoms with Gasteiger partial charge in [0, 0.05) is 26.7 Å². The maximum atomic E-state index is 5.68. The summed E-state index contributed by atoms with van der Waals surface area (Å²) in [6, 6.07) is 8.72. The molecule has 2 atom stereocenters. The van der Waals surface area contributed by atoms with Crippen molar-refractivity contribution in [1.29, 1.82) is 0 Å². The zero-order valence-corrected chi connectivity index (χ0v) is 18.8. The van der Waals surface area contributed by atoms with Crippen molar-refractivity contribution in [3.05, 3.63) is 29.8 Å². The fourth-order valence-corrected chi connectivity index (χ4v) is 3.79. The van der Waals surface area contributed by atoms with Crippen molar-refractivity contribution >= 4 is 29.9 Å². The van der Waals surface area contributed by atoms with Crippen molar-refractivity contribution < 1.29 is 9.47 Å². The van der Waals surface area contributed by atoms with E-state index < -0.39 is 0 Å². The zero-order valence-electron chi connectivity index (χ0n) is 16.4. The van der Waals surface area contributed by atoms with Crippen LogP contribution in [0.3, 0.4) is 0 Å². The second-order valence-corrected chi connectivity index (χ2v) is 7.00. The van der Waals surface area contributed by atoms with Crippen LogP contribution >= 0.6 is 24.0 Å². The van der Waals surface area contributed by atoms with E-state index in [1.807, 2.05) is 13.1 Å². The van der Waals surface area contributed by atoms with Gasteiger partial charge in [0.15, 0.2) is 5.96 Å². The topological polar surface area (TPSA) is 58.1 Å². The van der Waals surface area contributed by atoms with E-state index in [2.05, 4.69) is 38.7 Å². The Labute approximate surface area is 180 Å². The number of hydrogen-bond acceptors (Lipinski definition) is 4. The smallest absolute Gasteiger partial charge is 0.191 e. The molecule has 0 spiro atoms. The lowest BCUT2D eigenvalue weighted by molar-refractivity contribution is 0.113. The molecule has 2 aliphatic heterocycles. The van der Waals surface area contributed by atoms with Gasteiger partial charge in [-0.15, -0.1) is 24.0 Å². The molecule has 0 bridgehead atoms. The summed E-state index contributed by atoms with van der Waals surface area (Å²) in [4.78, 5) is 6.92.